The summed E-state index contributed by atoms with van der Waals surface area (Å²) in [6, 6.07) is 1.71. The molecule has 0 saturated carbocycles. The van der Waals surface area contributed by atoms with Crippen LogP contribution in [0.2, 0.25) is 0 Å². The summed E-state index contributed by atoms with van der Waals surface area (Å²) in [5.74, 6) is 1.18. The van der Waals surface area contributed by atoms with Gasteiger partial charge in [-0.1, -0.05) is 5.16 Å². The third-order valence-electron chi connectivity index (χ3n) is 1.58. The Morgan fingerprint density at radius 3 is 3.15 bits per heavy atom. The summed E-state index contributed by atoms with van der Waals surface area (Å²) < 4.78 is 9.80. The maximum atomic E-state index is 5.38. The molecule has 0 saturated heterocycles. The third-order valence-corrected chi connectivity index (χ3v) is 1.58. The molecule has 13 heavy (non-hydrogen) atoms. The number of hydrogen-bond donors (Lipinski definition) is 2. The van der Waals surface area contributed by atoms with Crippen LogP contribution in [-0.2, 0) is 11.3 Å². The zero-order chi connectivity index (χ0) is 9.52. The van der Waals surface area contributed by atoms with Crippen molar-refractivity contribution in [3.05, 3.63) is 11.8 Å². The molecule has 5 heteroatoms. The maximum Gasteiger partial charge on any atom is 0.167 e. The molecule has 3 N–H and O–H groups in total. The summed E-state index contributed by atoms with van der Waals surface area (Å²) in [6.45, 7) is 2.33. The molecule has 5 nitrogen and oxygen atoms in total. The molecule has 1 aromatic rings. The van der Waals surface area contributed by atoms with Gasteiger partial charge in [0.15, 0.2) is 11.6 Å². The predicted molar refractivity (Wildman–Crippen MR) is 49.1 cm³/mol. The van der Waals surface area contributed by atoms with Crippen molar-refractivity contribution >= 4 is 5.82 Å². The number of rotatable bonds is 6. The SMILES string of the molecule is COCCCNCc1cc(N)no1. The number of anilines is 1. The second-order valence-electron chi connectivity index (χ2n) is 2.74. The third kappa shape index (κ3) is 3.91. The fourth-order valence-electron chi connectivity index (χ4n) is 0.965. The summed E-state index contributed by atoms with van der Waals surface area (Å²) in [5.41, 5.74) is 5.38. The molecule has 0 amide bonds. The molecule has 74 valence electrons. The average Bonchev–Trinajstić information content (AvgIpc) is 2.51. The largest absolute Gasteiger partial charge is 0.385 e. The van der Waals surface area contributed by atoms with Gasteiger partial charge in [0.25, 0.3) is 0 Å². The van der Waals surface area contributed by atoms with Gasteiger partial charge in [0.05, 0.1) is 6.54 Å². The molecule has 0 radical (unpaired) electrons. The Morgan fingerprint density at radius 2 is 2.54 bits per heavy atom. The number of nitrogens with two attached hydrogens (primary N) is 1. The number of hydrogen-bond acceptors (Lipinski definition) is 5. The molecular formula is C8H15N3O2. The van der Waals surface area contributed by atoms with Crippen LogP contribution in [0.4, 0.5) is 5.82 Å². The van der Waals surface area contributed by atoms with Crippen LogP contribution in [0.1, 0.15) is 12.2 Å². The molecule has 0 fully saturated rings. The molecule has 1 rings (SSSR count). The van der Waals surface area contributed by atoms with Crippen LogP contribution in [0, 0.1) is 0 Å². The van der Waals surface area contributed by atoms with Crippen molar-refractivity contribution in [3.8, 4) is 0 Å². The van der Waals surface area contributed by atoms with E-state index in [1.807, 2.05) is 0 Å². The Bertz CT molecular complexity index is 237. The zero-order valence-electron chi connectivity index (χ0n) is 7.75. The molecule has 0 aromatic carbocycles. The van der Waals surface area contributed by atoms with Crippen LogP contribution in [0.5, 0.6) is 0 Å². The summed E-state index contributed by atoms with van der Waals surface area (Å²) in [5, 5.41) is 6.75. The lowest BCUT2D eigenvalue weighted by atomic mass is 10.4. The molecular weight excluding hydrogens is 170 g/mol. The monoisotopic (exact) mass is 185 g/mol. The summed E-state index contributed by atoms with van der Waals surface area (Å²) >= 11 is 0. The van der Waals surface area contributed by atoms with Gasteiger partial charge in [-0.25, -0.2) is 0 Å². The molecule has 0 spiro atoms. The van der Waals surface area contributed by atoms with Gasteiger partial charge in [-0.3, -0.25) is 0 Å². The normalized spacial score (nSPS) is 10.5. The first-order valence-corrected chi connectivity index (χ1v) is 4.23. The Kier molecular flexibility index (Phi) is 4.28. The Balaban J connectivity index is 2.06. The van der Waals surface area contributed by atoms with E-state index in [-0.39, 0.29) is 0 Å². The number of ether oxygens (including phenoxy) is 1. The second-order valence-corrected chi connectivity index (χ2v) is 2.74. The van der Waals surface area contributed by atoms with Gasteiger partial charge in [0, 0.05) is 19.8 Å². The van der Waals surface area contributed by atoms with Gasteiger partial charge in [-0.2, -0.15) is 0 Å². The van der Waals surface area contributed by atoms with E-state index in [9.17, 15) is 0 Å². The minimum Gasteiger partial charge on any atom is -0.385 e. The average molecular weight is 185 g/mol. The van der Waals surface area contributed by atoms with Crippen molar-refractivity contribution in [2.45, 2.75) is 13.0 Å². The number of nitrogens with one attached hydrogen (secondary N) is 1. The maximum absolute atomic E-state index is 5.38. The number of nitrogens with zero attached hydrogens (tertiary/aromatic N) is 1. The van der Waals surface area contributed by atoms with Crippen LogP contribution >= 0.6 is 0 Å². The zero-order valence-corrected chi connectivity index (χ0v) is 7.75. The van der Waals surface area contributed by atoms with Crippen LogP contribution in [0.3, 0.4) is 0 Å². The van der Waals surface area contributed by atoms with Crippen molar-refractivity contribution in [1.82, 2.24) is 10.5 Å². The smallest absolute Gasteiger partial charge is 0.167 e. The van der Waals surface area contributed by atoms with E-state index in [0.29, 0.717) is 12.4 Å². The number of aromatic nitrogens is 1. The standard InChI is InChI=1S/C8H15N3O2/c1-12-4-2-3-10-6-7-5-8(9)11-13-7/h5,10H,2-4,6H2,1H3,(H2,9,11). The lowest BCUT2D eigenvalue weighted by Gasteiger charge is -2.00. The lowest BCUT2D eigenvalue weighted by molar-refractivity contribution is 0.194. The van der Waals surface area contributed by atoms with E-state index >= 15 is 0 Å². The van der Waals surface area contributed by atoms with E-state index in [2.05, 4.69) is 10.5 Å². The van der Waals surface area contributed by atoms with E-state index in [1.165, 1.54) is 0 Å². The lowest BCUT2D eigenvalue weighted by Crippen LogP contribution is -2.15. The molecule has 0 aliphatic heterocycles. The highest BCUT2D eigenvalue weighted by atomic mass is 16.5. The first-order valence-electron chi connectivity index (χ1n) is 4.23. The molecule has 0 aliphatic rings. The van der Waals surface area contributed by atoms with Crippen molar-refractivity contribution < 1.29 is 9.26 Å². The van der Waals surface area contributed by atoms with Gasteiger partial charge >= 0.3 is 0 Å². The number of methoxy groups -OCH3 is 1. The van der Waals surface area contributed by atoms with Gasteiger partial charge < -0.3 is 20.3 Å². The van der Waals surface area contributed by atoms with E-state index in [0.717, 1.165) is 25.3 Å². The predicted octanol–water partition coefficient (Wildman–Crippen LogP) is 0.383. The van der Waals surface area contributed by atoms with Crippen LogP contribution < -0.4 is 11.1 Å². The van der Waals surface area contributed by atoms with Crippen LogP contribution in [0.15, 0.2) is 10.6 Å². The highest BCUT2D eigenvalue weighted by Crippen LogP contribution is 2.03. The summed E-state index contributed by atoms with van der Waals surface area (Å²) in [6.07, 6.45) is 0.986. The van der Waals surface area contributed by atoms with E-state index in [1.54, 1.807) is 13.2 Å². The van der Waals surface area contributed by atoms with Crippen LogP contribution in [-0.4, -0.2) is 25.4 Å². The minimum atomic E-state index is 0.425. The molecule has 0 aliphatic carbocycles. The van der Waals surface area contributed by atoms with Gasteiger partial charge in [-0.15, -0.1) is 0 Å². The molecule has 0 atom stereocenters. The molecule has 0 unspecified atom stereocenters. The van der Waals surface area contributed by atoms with Crippen LogP contribution in [0.25, 0.3) is 0 Å². The second kappa shape index (κ2) is 5.55. The first kappa shape index (κ1) is 10.0. The van der Waals surface area contributed by atoms with Crippen molar-refractivity contribution in [3.63, 3.8) is 0 Å². The van der Waals surface area contributed by atoms with Crippen molar-refractivity contribution in [1.29, 1.82) is 0 Å². The first-order chi connectivity index (χ1) is 6.33. The van der Waals surface area contributed by atoms with Gasteiger partial charge in [-0.05, 0) is 13.0 Å². The summed E-state index contributed by atoms with van der Waals surface area (Å²) in [7, 11) is 1.69. The highest BCUT2D eigenvalue weighted by molar-refractivity contribution is 5.26. The Morgan fingerprint density at radius 1 is 1.69 bits per heavy atom. The fourth-order valence-corrected chi connectivity index (χ4v) is 0.965. The highest BCUT2D eigenvalue weighted by Gasteiger charge is 1.98. The Labute approximate surface area is 77.2 Å². The van der Waals surface area contributed by atoms with Gasteiger partial charge in [0.1, 0.15) is 0 Å². The molecule has 0 bridgehead atoms. The quantitative estimate of drug-likeness (QED) is 0.627. The van der Waals surface area contributed by atoms with Crippen molar-refractivity contribution in [2.24, 2.45) is 0 Å². The molecule has 1 heterocycles. The van der Waals surface area contributed by atoms with E-state index in [4.69, 9.17) is 15.0 Å². The Hall–Kier alpha value is -1.07. The molecule has 1 aromatic heterocycles. The van der Waals surface area contributed by atoms with E-state index < -0.39 is 0 Å². The van der Waals surface area contributed by atoms with Gasteiger partial charge in [0.2, 0.25) is 0 Å². The summed E-state index contributed by atoms with van der Waals surface area (Å²) in [4.78, 5) is 0. The number of nitrogen functional groups attached to an aromatic ring is 1. The fraction of sp³-hybridized carbons (Fsp3) is 0.625. The van der Waals surface area contributed by atoms with Crippen molar-refractivity contribution in [2.75, 3.05) is 26.0 Å². The minimum absolute atomic E-state index is 0.425. The topological polar surface area (TPSA) is 73.3 Å².